The van der Waals surface area contributed by atoms with Gasteiger partial charge >= 0.3 is 0 Å². The standard InChI is InChI=1S/C14H24O2/c1-10-4-5-13(16-10)7-11-6-12(15)9-14(2,3)8-11/h6,10,12-13,15H,4-5,7-9H2,1-3H3. The minimum atomic E-state index is -0.252. The molecule has 1 aliphatic carbocycles. The molecule has 3 atom stereocenters. The molecule has 1 aliphatic heterocycles. The third-order valence-corrected chi connectivity index (χ3v) is 3.71. The van der Waals surface area contributed by atoms with Crippen molar-refractivity contribution in [3.8, 4) is 0 Å². The van der Waals surface area contributed by atoms with Gasteiger partial charge in [0.2, 0.25) is 0 Å². The Morgan fingerprint density at radius 2 is 2.19 bits per heavy atom. The van der Waals surface area contributed by atoms with Crippen LogP contribution in [0.5, 0.6) is 0 Å². The number of hydrogen-bond acceptors (Lipinski definition) is 2. The van der Waals surface area contributed by atoms with E-state index in [2.05, 4.69) is 26.8 Å². The lowest BCUT2D eigenvalue weighted by Crippen LogP contribution is -2.26. The van der Waals surface area contributed by atoms with Crippen LogP contribution in [0, 0.1) is 5.41 Å². The Kier molecular flexibility index (Phi) is 3.41. The molecule has 1 fully saturated rings. The Morgan fingerprint density at radius 3 is 2.75 bits per heavy atom. The van der Waals surface area contributed by atoms with Crippen LogP contribution in [0.3, 0.4) is 0 Å². The van der Waals surface area contributed by atoms with Gasteiger partial charge in [0.15, 0.2) is 0 Å². The van der Waals surface area contributed by atoms with Crippen LogP contribution in [0.2, 0.25) is 0 Å². The second-order valence-corrected chi connectivity index (χ2v) is 6.29. The summed E-state index contributed by atoms with van der Waals surface area (Å²) in [6, 6.07) is 0. The van der Waals surface area contributed by atoms with E-state index in [1.54, 1.807) is 0 Å². The van der Waals surface area contributed by atoms with Crippen LogP contribution >= 0.6 is 0 Å². The van der Waals surface area contributed by atoms with Crippen LogP contribution in [0.1, 0.15) is 52.9 Å². The zero-order valence-electron chi connectivity index (χ0n) is 10.7. The SMILES string of the molecule is CC1CCC(CC2=CC(O)CC(C)(C)C2)O1. The molecule has 0 amide bonds. The van der Waals surface area contributed by atoms with Crippen molar-refractivity contribution in [3.05, 3.63) is 11.6 Å². The smallest absolute Gasteiger partial charge is 0.0728 e. The lowest BCUT2D eigenvalue weighted by atomic mass is 9.75. The minimum Gasteiger partial charge on any atom is -0.389 e. The van der Waals surface area contributed by atoms with Gasteiger partial charge in [-0.05, 0) is 44.4 Å². The number of aliphatic hydroxyl groups is 1. The monoisotopic (exact) mass is 224 g/mol. The minimum absolute atomic E-state index is 0.244. The fourth-order valence-corrected chi connectivity index (χ4v) is 3.11. The summed E-state index contributed by atoms with van der Waals surface area (Å²) in [4.78, 5) is 0. The topological polar surface area (TPSA) is 29.5 Å². The van der Waals surface area contributed by atoms with E-state index < -0.39 is 0 Å². The highest BCUT2D eigenvalue weighted by atomic mass is 16.5. The zero-order valence-corrected chi connectivity index (χ0v) is 10.7. The summed E-state index contributed by atoms with van der Waals surface area (Å²) < 4.78 is 5.84. The number of ether oxygens (including phenoxy) is 1. The van der Waals surface area contributed by atoms with Gasteiger partial charge in [0.05, 0.1) is 18.3 Å². The molecule has 1 N–H and O–H groups in total. The van der Waals surface area contributed by atoms with Crippen LogP contribution in [0.15, 0.2) is 11.6 Å². The van der Waals surface area contributed by atoms with E-state index >= 15 is 0 Å². The Bertz CT molecular complexity index is 280. The van der Waals surface area contributed by atoms with Crippen LogP contribution in [-0.2, 0) is 4.74 Å². The summed E-state index contributed by atoms with van der Waals surface area (Å²) in [7, 11) is 0. The van der Waals surface area contributed by atoms with Gasteiger partial charge in [-0.2, -0.15) is 0 Å². The van der Waals surface area contributed by atoms with E-state index in [1.165, 1.54) is 18.4 Å². The first-order valence-corrected chi connectivity index (χ1v) is 6.48. The average Bonchev–Trinajstić information content (AvgIpc) is 2.46. The van der Waals surface area contributed by atoms with Gasteiger partial charge in [0.25, 0.3) is 0 Å². The van der Waals surface area contributed by atoms with Crippen molar-refractivity contribution < 1.29 is 9.84 Å². The van der Waals surface area contributed by atoms with Crippen LogP contribution in [0.4, 0.5) is 0 Å². The molecule has 92 valence electrons. The maximum atomic E-state index is 9.82. The second-order valence-electron chi connectivity index (χ2n) is 6.29. The molecule has 2 nitrogen and oxygen atoms in total. The van der Waals surface area contributed by atoms with Crippen molar-refractivity contribution in [3.63, 3.8) is 0 Å². The van der Waals surface area contributed by atoms with E-state index in [0.717, 1.165) is 19.3 Å². The van der Waals surface area contributed by atoms with E-state index in [0.29, 0.717) is 12.2 Å². The van der Waals surface area contributed by atoms with Crippen molar-refractivity contribution >= 4 is 0 Å². The summed E-state index contributed by atoms with van der Waals surface area (Å²) in [6.45, 7) is 6.62. The molecule has 0 bridgehead atoms. The number of rotatable bonds is 2. The van der Waals surface area contributed by atoms with Gasteiger partial charge < -0.3 is 9.84 Å². The van der Waals surface area contributed by atoms with E-state index in [1.807, 2.05) is 0 Å². The van der Waals surface area contributed by atoms with Crippen molar-refractivity contribution in [2.24, 2.45) is 5.41 Å². The first-order chi connectivity index (χ1) is 7.44. The lowest BCUT2D eigenvalue weighted by molar-refractivity contribution is 0.0531. The Labute approximate surface area is 98.7 Å². The van der Waals surface area contributed by atoms with Crippen molar-refractivity contribution in [1.29, 1.82) is 0 Å². The molecule has 1 heterocycles. The summed E-state index contributed by atoms with van der Waals surface area (Å²) in [5.41, 5.74) is 1.64. The fourth-order valence-electron chi connectivity index (χ4n) is 3.11. The third kappa shape index (κ3) is 3.08. The molecule has 0 aromatic heterocycles. The number of aliphatic hydroxyl groups excluding tert-OH is 1. The lowest BCUT2D eigenvalue weighted by Gasteiger charge is -2.33. The average molecular weight is 224 g/mol. The molecule has 1 saturated heterocycles. The molecular formula is C14H24O2. The molecule has 0 radical (unpaired) electrons. The Hall–Kier alpha value is -0.340. The molecule has 0 spiro atoms. The van der Waals surface area contributed by atoms with Gasteiger partial charge in [-0.15, -0.1) is 0 Å². The highest BCUT2D eigenvalue weighted by Crippen LogP contribution is 2.38. The van der Waals surface area contributed by atoms with Gasteiger partial charge in [0, 0.05) is 0 Å². The van der Waals surface area contributed by atoms with E-state index in [4.69, 9.17) is 4.74 Å². The first kappa shape index (κ1) is 12.1. The van der Waals surface area contributed by atoms with E-state index in [9.17, 15) is 5.11 Å². The van der Waals surface area contributed by atoms with Crippen LogP contribution in [-0.4, -0.2) is 23.4 Å². The number of hydrogen-bond donors (Lipinski definition) is 1. The van der Waals surface area contributed by atoms with Crippen molar-refractivity contribution in [1.82, 2.24) is 0 Å². The molecule has 3 unspecified atom stereocenters. The molecule has 0 aromatic carbocycles. The first-order valence-electron chi connectivity index (χ1n) is 6.48. The van der Waals surface area contributed by atoms with Gasteiger partial charge in [-0.3, -0.25) is 0 Å². The second kappa shape index (κ2) is 4.50. The maximum Gasteiger partial charge on any atom is 0.0728 e. The summed E-state index contributed by atoms with van der Waals surface area (Å²) in [5, 5.41) is 9.82. The highest BCUT2D eigenvalue weighted by molar-refractivity contribution is 5.14. The van der Waals surface area contributed by atoms with Crippen LogP contribution in [0.25, 0.3) is 0 Å². The summed E-state index contributed by atoms with van der Waals surface area (Å²) in [6.07, 6.45) is 7.99. The largest absolute Gasteiger partial charge is 0.389 e. The third-order valence-electron chi connectivity index (χ3n) is 3.71. The van der Waals surface area contributed by atoms with Gasteiger partial charge in [-0.25, -0.2) is 0 Å². The fraction of sp³-hybridized carbons (Fsp3) is 0.857. The van der Waals surface area contributed by atoms with Crippen molar-refractivity contribution in [2.45, 2.75) is 71.2 Å². The molecule has 0 aromatic rings. The Balaban J connectivity index is 1.94. The molecule has 2 heteroatoms. The molecule has 2 aliphatic rings. The summed E-state index contributed by atoms with van der Waals surface area (Å²) >= 11 is 0. The Morgan fingerprint density at radius 1 is 1.44 bits per heavy atom. The molecular weight excluding hydrogens is 200 g/mol. The maximum absolute atomic E-state index is 9.82. The zero-order chi connectivity index (χ0) is 11.8. The van der Waals surface area contributed by atoms with Gasteiger partial charge in [0.1, 0.15) is 0 Å². The molecule has 0 saturated carbocycles. The van der Waals surface area contributed by atoms with Crippen molar-refractivity contribution in [2.75, 3.05) is 0 Å². The quantitative estimate of drug-likeness (QED) is 0.730. The normalized spacial score (nSPS) is 38.5. The van der Waals surface area contributed by atoms with Gasteiger partial charge in [-0.1, -0.05) is 25.5 Å². The molecule has 16 heavy (non-hydrogen) atoms. The van der Waals surface area contributed by atoms with Crippen LogP contribution < -0.4 is 0 Å². The highest BCUT2D eigenvalue weighted by Gasteiger charge is 2.30. The molecule has 2 rings (SSSR count). The predicted octanol–water partition coefficient (Wildman–Crippen LogP) is 3.05. The predicted molar refractivity (Wildman–Crippen MR) is 65.3 cm³/mol. The van der Waals surface area contributed by atoms with E-state index in [-0.39, 0.29) is 11.5 Å². The summed E-state index contributed by atoms with van der Waals surface area (Å²) in [5.74, 6) is 0.